The van der Waals surface area contributed by atoms with E-state index in [1.165, 1.54) is 244 Å². The first-order valence-corrected chi connectivity index (χ1v) is 45.0. The minimum absolute atomic E-state index is 0.106. The van der Waals surface area contributed by atoms with E-state index in [2.05, 4.69) is 41.5 Å². The maximum atomic E-state index is 13.1. The molecule has 594 valence electrons. The maximum Gasteiger partial charge on any atom is 0.472 e. The monoisotopic (exact) mass is 1470 g/mol. The van der Waals surface area contributed by atoms with Crippen LogP contribution in [0.25, 0.3) is 0 Å². The lowest BCUT2D eigenvalue weighted by Gasteiger charge is -2.21. The fraction of sp³-hybridized carbons (Fsp3) is 0.951. The Morgan fingerprint density at radius 1 is 0.290 bits per heavy atom. The first-order valence-electron chi connectivity index (χ1n) is 42.0. The lowest BCUT2D eigenvalue weighted by Crippen LogP contribution is -2.30. The molecule has 0 aromatic heterocycles. The highest BCUT2D eigenvalue weighted by molar-refractivity contribution is 7.47. The van der Waals surface area contributed by atoms with E-state index in [4.69, 9.17) is 37.0 Å². The Morgan fingerprint density at radius 2 is 0.510 bits per heavy atom. The van der Waals surface area contributed by atoms with Gasteiger partial charge in [-0.3, -0.25) is 37.3 Å². The second-order valence-electron chi connectivity index (χ2n) is 29.9. The summed E-state index contributed by atoms with van der Waals surface area (Å²) >= 11 is 0. The van der Waals surface area contributed by atoms with Crippen molar-refractivity contribution in [2.45, 2.75) is 445 Å². The third kappa shape index (κ3) is 73.0. The summed E-state index contributed by atoms with van der Waals surface area (Å²) in [5.74, 6) is -0.579. The number of carbonyl (C=O) groups is 4. The number of ether oxygens (including phenoxy) is 4. The Bertz CT molecular complexity index is 1930. The van der Waals surface area contributed by atoms with Crippen molar-refractivity contribution in [2.75, 3.05) is 39.6 Å². The minimum atomic E-state index is -4.96. The lowest BCUT2D eigenvalue weighted by atomic mass is 9.99. The molecule has 0 aliphatic carbocycles. The summed E-state index contributed by atoms with van der Waals surface area (Å²) in [5.41, 5.74) is 0. The lowest BCUT2D eigenvalue weighted by molar-refractivity contribution is -0.161. The largest absolute Gasteiger partial charge is 0.472 e. The van der Waals surface area contributed by atoms with Crippen molar-refractivity contribution < 1.29 is 80.2 Å². The molecule has 0 saturated carbocycles. The van der Waals surface area contributed by atoms with Crippen LogP contribution in [0.3, 0.4) is 0 Å². The molecule has 0 rings (SSSR count). The number of phosphoric ester groups is 2. The van der Waals surface area contributed by atoms with Gasteiger partial charge >= 0.3 is 39.5 Å². The van der Waals surface area contributed by atoms with Gasteiger partial charge in [-0.2, -0.15) is 0 Å². The summed E-state index contributed by atoms with van der Waals surface area (Å²) in [6, 6.07) is 0. The molecule has 0 aliphatic rings. The number of aliphatic hydroxyl groups is 1. The average Bonchev–Trinajstić information content (AvgIpc) is 0.918. The Labute approximate surface area is 613 Å². The van der Waals surface area contributed by atoms with Gasteiger partial charge in [0, 0.05) is 25.7 Å². The van der Waals surface area contributed by atoms with E-state index in [-0.39, 0.29) is 25.7 Å². The van der Waals surface area contributed by atoms with Gasteiger partial charge in [-0.05, 0) is 37.5 Å². The molecule has 0 aliphatic heterocycles. The fourth-order valence-electron chi connectivity index (χ4n) is 12.5. The number of carbonyl (C=O) groups excluding carboxylic acids is 4. The van der Waals surface area contributed by atoms with E-state index in [1.807, 2.05) is 0 Å². The SMILES string of the molecule is CCCCCCCCCCCCCCCCCCCCCC(=O)O[C@H](COC(=O)CCCCCCCCCCCCCCCCCC)COP(=O)(O)OC[C@@H](O)COP(=O)(O)OC[C@@H](COC(=O)CCCCCCCCCCC(C)C)OC(=O)CCCCCCCCCCCCC(C)CC. The first kappa shape index (κ1) is 98.1. The summed E-state index contributed by atoms with van der Waals surface area (Å²) in [7, 11) is -9.92. The van der Waals surface area contributed by atoms with Crippen molar-refractivity contribution in [3.05, 3.63) is 0 Å². The molecule has 100 heavy (non-hydrogen) atoms. The Morgan fingerprint density at radius 3 is 0.760 bits per heavy atom. The van der Waals surface area contributed by atoms with Gasteiger partial charge in [0.1, 0.15) is 19.3 Å². The molecule has 0 spiro atoms. The van der Waals surface area contributed by atoms with Gasteiger partial charge in [-0.1, -0.05) is 375 Å². The molecule has 19 heteroatoms. The summed E-state index contributed by atoms with van der Waals surface area (Å²) in [4.78, 5) is 73.0. The summed E-state index contributed by atoms with van der Waals surface area (Å²) in [6.07, 6.45) is 62.4. The van der Waals surface area contributed by atoms with Crippen LogP contribution in [0.4, 0.5) is 0 Å². The normalized spacial score (nSPS) is 14.2. The van der Waals surface area contributed by atoms with E-state index in [1.54, 1.807) is 0 Å². The zero-order chi connectivity index (χ0) is 73.5. The quantitative estimate of drug-likeness (QED) is 0.0222. The van der Waals surface area contributed by atoms with E-state index < -0.39 is 97.5 Å². The van der Waals surface area contributed by atoms with Gasteiger partial charge in [0.05, 0.1) is 26.4 Å². The van der Waals surface area contributed by atoms with E-state index in [0.29, 0.717) is 25.7 Å². The van der Waals surface area contributed by atoms with Crippen LogP contribution in [0.15, 0.2) is 0 Å². The molecule has 0 heterocycles. The van der Waals surface area contributed by atoms with E-state index in [9.17, 15) is 43.2 Å². The van der Waals surface area contributed by atoms with Gasteiger partial charge in [0.25, 0.3) is 0 Å². The minimum Gasteiger partial charge on any atom is -0.462 e. The van der Waals surface area contributed by atoms with Crippen molar-refractivity contribution in [3.63, 3.8) is 0 Å². The van der Waals surface area contributed by atoms with Crippen molar-refractivity contribution in [3.8, 4) is 0 Å². The zero-order valence-corrected chi connectivity index (χ0v) is 67.3. The van der Waals surface area contributed by atoms with Gasteiger partial charge in [-0.25, -0.2) is 9.13 Å². The summed E-state index contributed by atoms with van der Waals surface area (Å²) in [5, 5.41) is 10.6. The van der Waals surface area contributed by atoms with Crippen LogP contribution < -0.4 is 0 Å². The van der Waals surface area contributed by atoms with Crippen LogP contribution in [0.5, 0.6) is 0 Å². The van der Waals surface area contributed by atoms with Crippen LogP contribution in [-0.2, 0) is 65.4 Å². The highest BCUT2D eigenvalue weighted by Gasteiger charge is 2.30. The predicted octanol–water partition coefficient (Wildman–Crippen LogP) is 24.3. The number of phosphoric acid groups is 2. The number of hydrogen-bond acceptors (Lipinski definition) is 15. The molecule has 0 fully saturated rings. The Balaban J connectivity index is 5.25. The molecular formula is C81H158O17P2. The number of aliphatic hydroxyl groups excluding tert-OH is 1. The number of rotatable bonds is 80. The smallest absolute Gasteiger partial charge is 0.462 e. The molecule has 17 nitrogen and oxygen atoms in total. The average molecular weight is 1470 g/mol. The van der Waals surface area contributed by atoms with Gasteiger partial charge in [0.2, 0.25) is 0 Å². The molecule has 6 atom stereocenters. The molecule has 0 aromatic carbocycles. The molecule has 0 aromatic rings. The van der Waals surface area contributed by atoms with Gasteiger partial charge in [-0.15, -0.1) is 0 Å². The fourth-order valence-corrected chi connectivity index (χ4v) is 14.1. The molecule has 0 radical (unpaired) electrons. The van der Waals surface area contributed by atoms with Crippen molar-refractivity contribution in [1.82, 2.24) is 0 Å². The standard InChI is InChI=1S/C81H158O17P2/c1-7-10-12-14-16-18-20-22-24-26-27-28-30-32-34-39-47-53-59-65-80(85)97-76(69-91-78(83)63-57-51-45-38-33-31-29-25-23-21-19-17-15-13-11-8-2)71-95-99(87,88)93-67-75(82)68-94-100(89,90)96-72-77(70-92-79(84)64-58-52-46-42-41-43-49-55-61-73(4)5)98-81(86)66-60-54-48-40-36-35-37-44-50-56-62-74(6)9-3/h73-77,82H,7-72H2,1-6H3,(H,87,88)(H,89,90)/t74?,75-,76-,77-/m1/s1. The van der Waals surface area contributed by atoms with Crippen LogP contribution >= 0.6 is 15.6 Å². The van der Waals surface area contributed by atoms with Crippen LogP contribution in [0.1, 0.15) is 427 Å². The van der Waals surface area contributed by atoms with Crippen LogP contribution in [0.2, 0.25) is 0 Å². The zero-order valence-electron chi connectivity index (χ0n) is 65.5. The second-order valence-corrected chi connectivity index (χ2v) is 32.8. The highest BCUT2D eigenvalue weighted by Crippen LogP contribution is 2.45. The third-order valence-electron chi connectivity index (χ3n) is 19.3. The predicted molar refractivity (Wildman–Crippen MR) is 409 cm³/mol. The van der Waals surface area contributed by atoms with Crippen molar-refractivity contribution in [1.29, 1.82) is 0 Å². The molecule has 0 bridgehead atoms. The maximum absolute atomic E-state index is 13.1. The summed E-state index contributed by atoms with van der Waals surface area (Å²) in [6.45, 7) is 9.63. The van der Waals surface area contributed by atoms with Crippen LogP contribution in [-0.4, -0.2) is 96.7 Å². The van der Waals surface area contributed by atoms with E-state index in [0.717, 1.165) is 102 Å². The summed E-state index contributed by atoms with van der Waals surface area (Å²) < 4.78 is 68.7. The van der Waals surface area contributed by atoms with Crippen molar-refractivity contribution in [2.24, 2.45) is 11.8 Å². The number of esters is 4. The van der Waals surface area contributed by atoms with Crippen molar-refractivity contribution >= 4 is 39.5 Å². The number of hydrogen-bond donors (Lipinski definition) is 3. The van der Waals surface area contributed by atoms with Gasteiger partial charge < -0.3 is 33.8 Å². The third-order valence-corrected chi connectivity index (χ3v) is 21.2. The first-order chi connectivity index (χ1) is 48.4. The van der Waals surface area contributed by atoms with Crippen LogP contribution in [0, 0.1) is 11.8 Å². The topological polar surface area (TPSA) is 237 Å². The molecule has 0 amide bonds. The number of unbranched alkanes of at least 4 members (excludes halogenated alkanes) is 49. The van der Waals surface area contributed by atoms with E-state index >= 15 is 0 Å². The molecule has 3 N–H and O–H groups in total. The Kier molecular flexibility index (Phi) is 71.2. The second kappa shape index (κ2) is 72.6. The van der Waals surface area contributed by atoms with Gasteiger partial charge in [0.15, 0.2) is 12.2 Å². The Hall–Kier alpha value is -1.94. The molecule has 0 saturated heterocycles. The molecule has 3 unspecified atom stereocenters. The molecular weight excluding hydrogens is 1310 g/mol. The highest BCUT2D eigenvalue weighted by atomic mass is 31.2.